The zero-order chi connectivity index (χ0) is 29.6. The zero-order valence-electron chi connectivity index (χ0n) is 25.3. The van der Waals surface area contributed by atoms with Crippen LogP contribution in [0.15, 0.2) is 36.4 Å². The lowest BCUT2D eigenvalue weighted by molar-refractivity contribution is 0.00260. The molecule has 5 rings (SSSR count). The number of hydrogen-bond acceptors (Lipinski definition) is 4. The minimum Gasteiger partial charge on any atom is -0.493 e. The Hall–Kier alpha value is -2.87. The molecule has 2 aromatic carbocycles. The van der Waals surface area contributed by atoms with Crippen LogP contribution >= 0.6 is 0 Å². The number of halogens is 2. The molecular formula is C33H45F2N3O3. The largest absolute Gasteiger partial charge is 0.493 e. The lowest BCUT2D eigenvalue weighted by Crippen LogP contribution is -2.56. The van der Waals surface area contributed by atoms with Crippen LogP contribution in [0.3, 0.4) is 0 Å². The van der Waals surface area contributed by atoms with Gasteiger partial charge in [0.25, 0.3) is 0 Å². The van der Waals surface area contributed by atoms with Gasteiger partial charge >= 0.3 is 6.03 Å². The summed E-state index contributed by atoms with van der Waals surface area (Å²) in [7, 11) is 3.33. The van der Waals surface area contributed by atoms with Gasteiger partial charge in [-0.1, -0.05) is 33.8 Å². The van der Waals surface area contributed by atoms with E-state index in [0.29, 0.717) is 6.04 Å². The minimum atomic E-state index is -0.986. The van der Waals surface area contributed by atoms with Crippen molar-refractivity contribution in [2.24, 2.45) is 10.8 Å². The summed E-state index contributed by atoms with van der Waals surface area (Å²) in [5.74, 6) is -0.466. The van der Waals surface area contributed by atoms with Gasteiger partial charge in [-0.05, 0) is 92.1 Å². The monoisotopic (exact) mass is 569 g/mol. The van der Waals surface area contributed by atoms with Crippen LogP contribution in [0.4, 0.5) is 19.3 Å². The number of carbonyl (C=O) groups is 1. The highest BCUT2D eigenvalue weighted by Crippen LogP contribution is 2.54. The van der Waals surface area contributed by atoms with Gasteiger partial charge in [0.15, 0.2) is 23.1 Å². The molecule has 6 nitrogen and oxygen atoms in total. The highest BCUT2D eigenvalue weighted by atomic mass is 19.2. The van der Waals surface area contributed by atoms with E-state index in [0.717, 1.165) is 68.7 Å². The molecule has 1 saturated heterocycles. The summed E-state index contributed by atoms with van der Waals surface area (Å²) in [5.41, 5.74) is 1.96. The molecule has 0 spiro atoms. The Balaban J connectivity index is 1.42. The quantitative estimate of drug-likeness (QED) is 0.384. The second-order valence-corrected chi connectivity index (χ2v) is 14.0. The zero-order valence-corrected chi connectivity index (χ0v) is 25.3. The number of ether oxygens (including phenoxy) is 2. The first-order valence-corrected chi connectivity index (χ1v) is 14.9. The summed E-state index contributed by atoms with van der Waals surface area (Å²) < 4.78 is 38.3. The van der Waals surface area contributed by atoms with Gasteiger partial charge in [-0.15, -0.1) is 0 Å². The Morgan fingerprint density at radius 1 is 0.927 bits per heavy atom. The summed E-state index contributed by atoms with van der Waals surface area (Å²) >= 11 is 0. The first-order chi connectivity index (χ1) is 19.3. The topological polar surface area (TPSA) is 62.8 Å². The van der Waals surface area contributed by atoms with Crippen LogP contribution in [-0.2, 0) is 5.41 Å². The van der Waals surface area contributed by atoms with Crippen LogP contribution in [0.25, 0.3) is 0 Å². The molecule has 0 unspecified atom stereocenters. The smallest absolute Gasteiger partial charge is 0.319 e. The molecule has 224 valence electrons. The summed E-state index contributed by atoms with van der Waals surface area (Å²) in [5, 5.41) is 5.82. The maximum atomic E-state index is 13.7. The van der Waals surface area contributed by atoms with E-state index in [2.05, 4.69) is 55.4 Å². The van der Waals surface area contributed by atoms with Gasteiger partial charge in [-0.2, -0.15) is 0 Å². The first kappa shape index (κ1) is 29.6. The van der Waals surface area contributed by atoms with Crippen molar-refractivity contribution in [2.75, 3.05) is 26.1 Å². The van der Waals surface area contributed by atoms with Crippen molar-refractivity contribution >= 4 is 11.7 Å². The van der Waals surface area contributed by atoms with E-state index in [4.69, 9.17) is 9.47 Å². The minimum absolute atomic E-state index is 0.0382. The second kappa shape index (κ2) is 11.1. The molecule has 2 aromatic rings. The van der Waals surface area contributed by atoms with Gasteiger partial charge in [-0.3, -0.25) is 4.90 Å². The molecule has 3 fully saturated rings. The number of benzene rings is 2. The molecule has 41 heavy (non-hydrogen) atoms. The highest BCUT2D eigenvalue weighted by Gasteiger charge is 2.55. The molecule has 1 aliphatic heterocycles. The summed E-state index contributed by atoms with van der Waals surface area (Å²) in [6.45, 7) is 10.6. The molecule has 1 heterocycles. The average Bonchev–Trinajstić information content (AvgIpc) is 3.28. The Kier molecular flexibility index (Phi) is 8.01. The van der Waals surface area contributed by atoms with E-state index in [1.165, 1.54) is 18.1 Å². The molecule has 0 bridgehead atoms. The van der Waals surface area contributed by atoms with Crippen molar-refractivity contribution < 1.29 is 23.0 Å². The maximum Gasteiger partial charge on any atom is 0.319 e. The van der Waals surface area contributed by atoms with Gasteiger partial charge in [0.05, 0.1) is 14.2 Å². The molecule has 2 aliphatic carbocycles. The van der Waals surface area contributed by atoms with Gasteiger partial charge < -0.3 is 20.1 Å². The fourth-order valence-corrected chi connectivity index (χ4v) is 8.58. The van der Waals surface area contributed by atoms with E-state index in [-0.39, 0.29) is 34.0 Å². The predicted molar refractivity (Wildman–Crippen MR) is 158 cm³/mol. The van der Waals surface area contributed by atoms with Crippen molar-refractivity contribution in [3.8, 4) is 11.5 Å². The molecule has 2 amide bonds. The van der Waals surface area contributed by atoms with Crippen molar-refractivity contribution in [3.05, 3.63) is 53.6 Å². The number of anilines is 1. The number of methoxy groups -OCH3 is 2. The Bertz CT molecular complexity index is 1270. The molecule has 8 heteroatoms. The fraction of sp³-hybridized carbons (Fsp3) is 0.606. The summed E-state index contributed by atoms with van der Waals surface area (Å²) in [6.07, 6.45) is 7.15. The Morgan fingerprint density at radius 3 is 2.29 bits per heavy atom. The molecule has 3 aliphatic rings. The van der Waals surface area contributed by atoms with Crippen molar-refractivity contribution in [2.45, 2.75) is 96.2 Å². The third kappa shape index (κ3) is 6.04. The van der Waals surface area contributed by atoms with Gasteiger partial charge in [0.2, 0.25) is 0 Å². The maximum absolute atomic E-state index is 13.7. The number of amides is 2. The lowest BCUT2D eigenvalue weighted by atomic mass is 9.62. The average molecular weight is 570 g/mol. The van der Waals surface area contributed by atoms with E-state index < -0.39 is 17.7 Å². The number of nitrogens with zero attached hydrogens (tertiary/aromatic N) is 1. The van der Waals surface area contributed by atoms with Crippen LogP contribution < -0.4 is 20.1 Å². The molecule has 0 radical (unpaired) electrons. The summed E-state index contributed by atoms with van der Waals surface area (Å²) in [6, 6.07) is 10.0. The number of likely N-dealkylation sites (tertiary alicyclic amines) is 1. The molecular weight excluding hydrogens is 524 g/mol. The Morgan fingerprint density at radius 2 is 1.63 bits per heavy atom. The van der Waals surface area contributed by atoms with Crippen LogP contribution in [0.1, 0.15) is 78.2 Å². The third-order valence-electron chi connectivity index (χ3n) is 9.77. The van der Waals surface area contributed by atoms with Crippen LogP contribution in [0, 0.1) is 22.5 Å². The number of rotatable bonds is 6. The van der Waals surface area contributed by atoms with E-state index in [9.17, 15) is 13.6 Å². The van der Waals surface area contributed by atoms with E-state index in [1.54, 1.807) is 14.2 Å². The lowest BCUT2D eigenvalue weighted by Gasteiger charge is -2.52. The second-order valence-electron chi connectivity index (χ2n) is 14.0. The number of nitrogens with one attached hydrogen (secondary N) is 2. The van der Waals surface area contributed by atoms with Gasteiger partial charge in [0, 0.05) is 35.3 Å². The number of urea groups is 1. The van der Waals surface area contributed by atoms with Crippen molar-refractivity contribution in [1.29, 1.82) is 0 Å². The molecule has 2 N–H and O–H groups in total. The van der Waals surface area contributed by atoms with Crippen LogP contribution in [0.2, 0.25) is 0 Å². The van der Waals surface area contributed by atoms with Crippen molar-refractivity contribution in [1.82, 2.24) is 10.2 Å². The number of carbonyl (C=O) groups excluding carboxylic acids is 1. The van der Waals surface area contributed by atoms with Gasteiger partial charge in [0.1, 0.15) is 0 Å². The van der Waals surface area contributed by atoms with Crippen LogP contribution in [0.5, 0.6) is 11.5 Å². The number of hydrogen-bond donors (Lipinski definition) is 2. The first-order valence-electron chi connectivity index (χ1n) is 14.9. The van der Waals surface area contributed by atoms with E-state index >= 15 is 0 Å². The molecule has 0 aromatic heterocycles. The third-order valence-corrected chi connectivity index (χ3v) is 9.77. The summed E-state index contributed by atoms with van der Waals surface area (Å²) in [4.78, 5) is 15.7. The molecule has 3 atom stereocenters. The normalized spacial score (nSPS) is 27.6. The van der Waals surface area contributed by atoms with Crippen molar-refractivity contribution in [3.63, 3.8) is 0 Å². The van der Waals surface area contributed by atoms with Crippen LogP contribution in [-0.4, -0.2) is 49.8 Å². The molecule has 2 saturated carbocycles. The fourth-order valence-electron chi connectivity index (χ4n) is 8.58. The predicted octanol–water partition coefficient (Wildman–Crippen LogP) is 7.27. The Labute approximate surface area is 243 Å². The van der Waals surface area contributed by atoms with Gasteiger partial charge in [-0.25, -0.2) is 13.6 Å². The highest BCUT2D eigenvalue weighted by molar-refractivity contribution is 5.89. The van der Waals surface area contributed by atoms with E-state index in [1.807, 2.05) is 6.07 Å². The number of fused-ring (bicyclic) bond motifs is 1. The SMILES string of the molecule is COc1ccc([C@@]23CC[C@@H](NC(=O)Nc4ccc(F)c(F)c4)C[C@@H]2N(C2CC(C)(C)CC(C)(C)C2)CC3)cc1OC. The standard InChI is InChI=1S/C33H45F2N3O3/c1-31(2)18-24(19-32(3,4)20-31)38-14-13-33(21-7-10-27(40-5)28(15-21)41-6)12-11-23(17-29(33)38)37-30(39)36-22-8-9-25(34)26(35)16-22/h7-10,15-16,23-24,29H,11-14,17-20H2,1-6H3,(H2,36,37,39)/t23-,29+,33+/m1/s1.